The van der Waals surface area contributed by atoms with Crippen LogP contribution in [0.1, 0.15) is 16.3 Å². The predicted octanol–water partition coefficient (Wildman–Crippen LogP) is 4.47. The minimum atomic E-state index is 0. The fourth-order valence-corrected chi connectivity index (χ4v) is 3.10. The summed E-state index contributed by atoms with van der Waals surface area (Å²) >= 11 is 1.68. The van der Waals surface area contributed by atoms with Crippen LogP contribution in [-0.2, 0) is 19.4 Å². The standard InChI is InChI=1S/C19H20N4S.HI/c20-19(23-16-9-5-2-6-10-16)21-13-17-14-24-18(22-17)12-11-15-7-3-1-4-8-15;/h1-10,14H,11-13H2,(H3,20,21,23);1H. The number of halogens is 1. The summed E-state index contributed by atoms with van der Waals surface area (Å²) in [6.45, 7) is 0.494. The molecular formula is C19H21IN4S. The van der Waals surface area contributed by atoms with Crippen LogP contribution >= 0.6 is 35.3 Å². The lowest BCUT2D eigenvalue weighted by Gasteiger charge is -2.04. The quantitative estimate of drug-likeness (QED) is 0.322. The Morgan fingerprint density at radius 1 is 1.00 bits per heavy atom. The number of anilines is 1. The normalized spacial score (nSPS) is 11.0. The van der Waals surface area contributed by atoms with Gasteiger partial charge in [0.25, 0.3) is 0 Å². The van der Waals surface area contributed by atoms with Crippen molar-refractivity contribution in [2.24, 2.45) is 10.7 Å². The van der Waals surface area contributed by atoms with E-state index in [0.717, 1.165) is 29.2 Å². The second-order valence-corrected chi connectivity index (χ2v) is 6.35. The third-order valence-corrected chi connectivity index (χ3v) is 4.48. The lowest BCUT2D eigenvalue weighted by Crippen LogP contribution is -2.22. The third kappa shape index (κ3) is 6.47. The van der Waals surface area contributed by atoms with Gasteiger partial charge in [0.05, 0.1) is 17.2 Å². The molecule has 0 amide bonds. The number of benzene rings is 2. The van der Waals surface area contributed by atoms with Gasteiger partial charge in [-0.1, -0.05) is 48.5 Å². The lowest BCUT2D eigenvalue weighted by molar-refractivity contribution is 0.913. The number of guanidine groups is 1. The smallest absolute Gasteiger partial charge is 0.193 e. The Labute approximate surface area is 169 Å². The monoisotopic (exact) mass is 464 g/mol. The molecule has 0 atom stereocenters. The van der Waals surface area contributed by atoms with Gasteiger partial charge >= 0.3 is 0 Å². The van der Waals surface area contributed by atoms with E-state index in [1.165, 1.54) is 5.56 Å². The van der Waals surface area contributed by atoms with Crippen molar-refractivity contribution in [2.45, 2.75) is 19.4 Å². The molecule has 0 aliphatic rings. The van der Waals surface area contributed by atoms with Crippen LogP contribution in [0.5, 0.6) is 0 Å². The first-order valence-electron chi connectivity index (χ1n) is 7.89. The van der Waals surface area contributed by atoms with E-state index in [0.29, 0.717) is 12.5 Å². The highest BCUT2D eigenvalue weighted by molar-refractivity contribution is 14.0. The Balaban J connectivity index is 0.00000225. The topological polar surface area (TPSA) is 63.3 Å². The summed E-state index contributed by atoms with van der Waals surface area (Å²) < 4.78 is 0. The van der Waals surface area contributed by atoms with Gasteiger partial charge in [0.15, 0.2) is 5.96 Å². The summed E-state index contributed by atoms with van der Waals surface area (Å²) in [6.07, 6.45) is 1.96. The maximum Gasteiger partial charge on any atom is 0.193 e. The van der Waals surface area contributed by atoms with E-state index < -0.39 is 0 Å². The highest BCUT2D eigenvalue weighted by Crippen LogP contribution is 2.14. The van der Waals surface area contributed by atoms with Crippen molar-refractivity contribution in [1.82, 2.24) is 4.98 Å². The Bertz CT molecular complexity index is 787. The molecule has 4 nitrogen and oxygen atoms in total. The van der Waals surface area contributed by atoms with Crippen molar-refractivity contribution in [3.05, 3.63) is 82.3 Å². The summed E-state index contributed by atoms with van der Waals surface area (Å²) in [5, 5.41) is 6.26. The van der Waals surface area contributed by atoms with Gasteiger partial charge in [-0.3, -0.25) is 0 Å². The average Bonchev–Trinajstić information content (AvgIpc) is 3.08. The number of aliphatic imine (C=N–C) groups is 1. The van der Waals surface area contributed by atoms with Crippen LogP contribution in [0.4, 0.5) is 5.69 Å². The second kappa shape index (κ2) is 10.1. The van der Waals surface area contributed by atoms with E-state index in [4.69, 9.17) is 5.73 Å². The predicted molar refractivity (Wildman–Crippen MR) is 117 cm³/mol. The molecule has 3 N–H and O–H groups in total. The van der Waals surface area contributed by atoms with Gasteiger partial charge in [-0.15, -0.1) is 35.3 Å². The Kier molecular flexibility index (Phi) is 7.87. The number of para-hydroxylation sites is 1. The van der Waals surface area contributed by atoms with Crippen molar-refractivity contribution < 1.29 is 0 Å². The van der Waals surface area contributed by atoms with Crippen LogP contribution in [0, 0.1) is 0 Å². The maximum atomic E-state index is 5.91. The first-order valence-corrected chi connectivity index (χ1v) is 8.77. The number of nitrogens with one attached hydrogen (secondary N) is 1. The van der Waals surface area contributed by atoms with E-state index in [2.05, 4.69) is 44.9 Å². The summed E-state index contributed by atoms with van der Waals surface area (Å²) in [4.78, 5) is 8.98. The molecule has 25 heavy (non-hydrogen) atoms. The number of nitrogens with zero attached hydrogens (tertiary/aromatic N) is 2. The van der Waals surface area contributed by atoms with E-state index in [1.54, 1.807) is 11.3 Å². The van der Waals surface area contributed by atoms with Gasteiger partial charge in [0.1, 0.15) is 0 Å². The first-order chi connectivity index (χ1) is 11.8. The van der Waals surface area contributed by atoms with Crippen LogP contribution in [0.2, 0.25) is 0 Å². The largest absolute Gasteiger partial charge is 0.370 e. The Morgan fingerprint density at radius 2 is 1.68 bits per heavy atom. The molecule has 0 radical (unpaired) electrons. The third-order valence-electron chi connectivity index (χ3n) is 3.53. The zero-order valence-electron chi connectivity index (χ0n) is 13.8. The zero-order valence-corrected chi connectivity index (χ0v) is 16.9. The molecule has 0 bridgehead atoms. The summed E-state index contributed by atoms with van der Waals surface area (Å²) in [5.41, 5.74) is 9.14. The van der Waals surface area contributed by atoms with E-state index in [9.17, 15) is 0 Å². The molecule has 3 rings (SSSR count). The molecule has 1 heterocycles. The summed E-state index contributed by atoms with van der Waals surface area (Å²) in [5.74, 6) is 0.403. The van der Waals surface area contributed by atoms with Crippen molar-refractivity contribution in [3.8, 4) is 0 Å². The van der Waals surface area contributed by atoms with E-state index in [1.807, 2.05) is 36.4 Å². The Hall–Kier alpha value is -1.93. The molecule has 0 unspecified atom stereocenters. The van der Waals surface area contributed by atoms with Crippen molar-refractivity contribution >= 4 is 47.0 Å². The molecular weight excluding hydrogens is 443 g/mol. The first kappa shape index (κ1) is 19.4. The van der Waals surface area contributed by atoms with Crippen LogP contribution in [-0.4, -0.2) is 10.9 Å². The van der Waals surface area contributed by atoms with Gasteiger partial charge in [-0.05, 0) is 24.1 Å². The highest BCUT2D eigenvalue weighted by Gasteiger charge is 2.03. The fourth-order valence-electron chi connectivity index (χ4n) is 2.31. The van der Waals surface area contributed by atoms with Crippen molar-refractivity contribution in [1.29, 1.82) is 0 Å². The van der Waals surface area contributed by atoms with Gasteiger partial charge < -0.3 is 11.1 Å². The molecule has 6 heteroatoms. The molecule has 130 valence electrons. The van der Waals surface area contributed by atoms with Gasteiger partial charge in [0, 0.05) is 17.5 Å². The van der Waals surface area contributed by atoms with Crippen LogP contribution in [0.15, 0.2) is 71.0 Å². The van der Waals surface area contributed by atoms with Crippen molar-refractivity contribution in [3.63, 3.8) is 0 Å². The number of nitrogens with two attached hydrogens (primary N) is 1. The molecule has 0 saturated carbocycles. The molecule has 0 aliphatic carbocycles. The number of thiazole rings is 1. The number of aryl methyl sites for hydroxylation is 2. The minimum absolute atomic E-state index is 0. The summed E-state index contributed by atoms with van der Waals surface area (Å²) in [7, 11) is 0. The maximum absolute atomic E-state index is 5.91. The van der Waals surface area contributed by atoms with Crippen LogP contribution in [0.25, 0.3) is 0 Å². The zero-order chi connectivity index (χ0) is 16.6. The van der Waals surface area contributed by atoms with Crippen LogP contribution < -0.4 is 11.1 Å². The molecule has 0 spiro atoms. The fraction of sp³-hybridized carbons (Fsp3) is 0.158. The lowest BCUT2D eigenvalue weighted by atomic mass is 10.1. The number of rotatable bonds is 6. The number of aromatic nitrogens is 1. The molecule has 0 saturated heterocycles. The second-order valence-electron chi connectivity index (χ2n) is 5.41. The summed E-state index contributed by atoms with van der Waals surface area (Å²) in [6, 6.07) is 20.2. The SMILES string of the molecule is I.NC(=NCc1csc(CCc2ccccc2)n1)Nc1ccccc1. The van der Waals surface area contributed by atoms with E-state index in [-0.39, 0.29) is 24.0 Å². The van der Waals surface area contributed by atoms with Gasteiger partial charge in [-0.2, -0.15) is 0 Å². The number of hydrogen-bond donors (Lipinski definition) is 2. The molecule has 2 aromatic carbocycles. The minimum Gasteiger partial charge on any atom is -0.370 e. The number of hydrogen-bond acceptors (Lipinski definition) is 3. The molecule has 1 aromatic heterocycles. The van der Waals surface area contributed by atoms with E-state index >= 15 is 0 Å². The van der Waals surface area contributed by atoms with Gasteiger partial charge in [-0.25, -0.2) is 9.98 Å². The van der Waals surface area contributed by atoms with Crippen LogP contribution in [0.3, 0.4) is 0 Å². The molecule has 0 aliphatic heterocycles. The van der Waals surface area contributed by atoms with Crippen molar-refractivity contribution in [2.75, 3.05) is 5.32 Å². The Morgan fingerprint density at radius 3 is 2.40 bits per heavy atom. The highest BCUT2D eigenvalue weighted by atomic mass is 127. The van der Waals surface area contributed by atoms with Gasteiger partial charge in [0.2, 0.25) is 0 Å². The average molecular weight is 464 g/mol. The molecule has 0 fully saturated rings. The molecule has 3 aromatic rings.